The number of amides is 3. The van der Waals surface area contributed by atoms with Crippen molar-refractivity contribution in [3.63, 3.8) is 0 Å². The largest absolute Gasteiger partial charge is 0.351 e. The highest BCUT2D eigenvalue weighted by Gasteiger charge is 2.20. The Morgan fingerprint density at radius 3 is 2.75 bits per heavy atom. The summed E-state index contributed by atoms with van der Waals surface area (Å²) >= 11 is 1.62. The summed E-state index contributed by atoms with van der Waals surface area (Å²) in [5, 5.41) is 5.46. The van der Waals surface area contributed by atoms with E-state index in [2.05, 4.69) is 17.6 Å². The number of anilines is 1. The van der Waals surface area contributed by atoms with Crippen molar-refractivity contribution in [3.05, 3.63) is 51.2 Å². The number of hydrogen-bond donors (Lipinski definition) is 3. The van der Waals surface area contributed by atoms with Crippen molar-refractivity contribution < 1.29 is 9.59 Å². The van der Waals surface area contributed by atoms with Gasteiger partial charge in [0.05, 0.1) is 4.88 Å². The van der Waals surface area contributed by atoms with Crippen LogP contribution < -0.4 is 16.4 Å². The normalized spacial score (nSPS) is 16.3. The number of fused-ring (bicyclic) bond motifs is 1. The summed E-state index contributed by atoms with van der Waals surface area (Å²) in [5.41, 5.74) is 8.01. The van der Waals surface area contributed by atoms with E-state index in [9.17, 15) is 9.59 Å². The van der Waals surface area contributed by atoms with Gasteiger partial charge in [0.25, 0.3) is 5.91 Å². The van der Waals surface area contributed by atoms with Crippen LogP contribution >= 0.6 is 11.3 Å². The zero-order valence-corrected chi connectivity index (χ0v) is 14.4. The van der Waals surface area contributed by atoms with Crippen LogP contribution in [-0.2, 0) is 19.4 Å². The van der Waals surface area contributed by atoms with Gasteiger partial charge in [0.2, 0.25) is 0 Å². The van der Waals surface area contributed by atoms with Crippen LogP contribution in [0.2, 0.25) is 0 Å². The Hall–Kier alpha value is -2.34. The molecule has 0 saturated heterocycles. The van der Waals surface area contributed by atoms with Crippen molar-refractivity contribution in [2.75, 3.05) is 5.32 Å². The maximum atomic E-state index is 12.4. The number of benzene rings is 1. The van der Waals surface area contributed by atoms with Gasteiger partial charge in [0.1, 0.15) is 0 Å². The van der Waals surface area contributed by atoms with Gasteiger partial charge in [-0.05, 0) is 54.5 Å². The minimum absolute atomic E-state index is 0.0265. The third-order valence-electron chi connectivity index (χ3n) is 4.23. The van der Waals surface area contributed by atoms with Gasteiger partial charge in [-0.1, -0.05) is 19.1 Å². The van der Waals surface area contributed by atoms with E-state index in [4.69, 9.17) is 5.73 Å². The van der Waals surface area contributed by atoms with Gasteiger partial charge in [-0.2, -0.15) is 0 Å². The molecule has 4 N–H and O–H groups in total. The van der Waals surface area contributed by atoms with Gasteiger partial charge in [-0.3, -0.25) is 4.79 Å². The molecule has 6 heteroatoms. The topological polar surface area (TPSA) is 84.2 Å². The number of aryl methyl sites for hydroxylation is 1. The van der Waals surface area contributed by atoms with Crippen LogP contribution in [0.3, 0.4) is 0 Å². The smallest absolute Gasteiger partial charge is 0.316 e. The van der Waals surface area contributed by atoms with Crippen molar-refractivity contribution in [2.24, 2.45) is 11.7 Å². The molecule has 1 unspecified atom stereocenters. The molecule has 0 aliphatic heterocycles. The molecule has 1 aliphatic carbocycles. The van der Waals surface area contributed by atoms with Gasteiger partial charge >= 0.3 is 6.03 Å². The Morgan fingerprint density at radius 1 is 1.29 bits per heavy atom. The Kier molecular flexibility index (Phi) is 4.85. The maximum Gasteiger partial charge on any atom is 0.316 e. The fraction of sp³-hybridized carbons (Fsp3) is 0.333. The highest BCUT2D eigenvalue weighted by molar-refractivity contribution is 7.14. The minimum atomic E-state index is -0.591. The zero-order valence-electron chi connectivity index (χ0n) is 13.6. The Bertz CT molecular complexity index is 752. The third kappa shape index (κ3) is 3.94. The lowest BCUT2D eigenvalue weighted by molar-refractivity contribution is 0.0955. The molecule has 3 rings (SSSR count). The number of hydrogen-bond acceptors (Lipinski definition) is 3. The maximum absolute atomic E-state index is 12.4. The summed E-state index contributed by atoms with van der Waals surface area (Å²) in [6.45, 7) is 2.71. The molecule has 3 amide bonds. The summed E-state index contributed by atoms with van der Waals surface area (Å²) in [4.78, 5) is 25.3. The summed E-state index contributed by atoms with van der Waals surface area (Å²) in [7, 11) is 0. The van der Waals surface area contributed by atoms with E-state index in [0.717, 1.165) is 23.3 Å². The fourth-order valence-electron chi connectivity index (χ4n) is 2.94. The number of nitrogens with two attached hydrogens (primary N) is 1. The molecule has 24 heavy (non-hydrogen) atoms. The average Bonchev–Trinajstić information content (AvgIpc) is 2.96. The van der Waals surface area contributed by atoms with Gasteiger partial charge in [-0.15, -0.1) is 11.3 Å². The number of carbonyl (C=O) groups excluding carboxylic acids is 2. The Labute approximate surface area is 145 Å². The number of primary amides is 1. The number of thiophene rings is 1. The average molecular weight is 343 g/mol. The monoisotopic (exact) mass is 343 g/mol. The van der Waals surface area contributed by atoms with E-state index < -0.39 is 6.03 Å². The fourth-order valence-corrected chi connectivity index (χ4v) is 4.06. The molecule has 1 heterocycles. The highest BCUT2D eigenvalue weighted by atomic mass is 32.1. The molecule has 2 aromatic rings. The van der Waals surface area contributed by atoms with Crippen molar-refractivity contribution in [3.8, 4) is 0 Å². The van der Waals surface area contributed by atoms with Crippen molar-refractivity contribution in [1.82, 2.24) is 5.32 Å². The lowest BCUT2D eigenvalue weighted by Crippen LogP contribution is -2.22. The van der Waals surface area contributed by atoms with Crippen LogP contribution in [0.1, 0.15) is 39.0 Å². The molecule has 0 saturated carbocycles. The van der Waals surface area contributed by atoms with Crippen LogP contribution in [0, 0.1) is 5.92 Å². The minimum Gasteiger partial charge on any atom is -0.351 e. The van der Waals surface area contributed by atoms with Gasteiger partial charge in [0.15, 0.2) is 0 Å². The zero-order chi connectivity index (χ0) is 17.1. The first-order chi connectivity index (χ1) is 11.5. The summed E-state index contributed by atoms with van der Waals surface area (Å²) in [5.74, 6) is 0.678. The van der Waals surface area contributed by atoms with E-state index in [1.54, 1.807) is 23.5 Å². The standard InChI is InChI=1S/C18H21N3O2S/c1-11-2-7-15-13(8-11)9-16(24-15)17(22)20-10-12-3-5-14(6-4-12)21-18(19)23/h3-6,9,11H,2,7-8,10H2,1H3,(H,20,22)(H3,19,21,23). The molecule has 0 fully saturated rings. The van der Waals surface area contributed by atoms with E-state index in [1.807, 2.05) is 18.2 Å². The lowest BCUT2D eigenvalue weighted by atomic mass is 9.90. The summed E-state index contributed by atoms with van der Waals surface area (Å²) in [6.07, 6.45) is 3.37. The number of urea groups is 1. The first-order valence-corrected chi connectivity index (χ1v) is 8.88. The molecule has 0 spiro atoms. The molecule has 1 atom stereocenters. The van der Waals surface area contributed by atoms with Crippen molar-refractivity contribution in [2.45, 2.75) is 32.7 Å². The second-order valence-electron chi connectivity index (χ2n) is 6.28. The quantitative estimate of drug-likeness (QED) is 0.796. The SMILES string of the molecule is CC1CCc2sc(C(=O)NCc3ccc(NC(N)=O)cc3)cc2C1. The van der Waals surface area contributed by atoms with Crippen molar-refractivity contribution >= 4 is 29.0 Å². The predicted molar refractivity (Wildman–Crippen MR) is 96.3 cm³/mol. The summed E-state index contributed by atoms with van der Waals surface area (Å²) in [6, 6.07) is 8.69. The highest BCUT2D eigenvalue weighted by Crippen LogP contribution is 2.32. The molecule has 126 valence electrons. The Morgan fingerprint density at radius 2 is 2.04 bits per heavy atom. The molecule has 0 radical (unpaired) electrons. The van der Waals surface area contributed by atoms with E-state index in [0.29, 0.717) is 18.2 Å². The van der Waals surface area contributed by atoms with Crippen LogP contribution in [-0.4, -0.2) is 11.9 Å². The van der Waals surface area contributed by atoms with E-state index in [-0.39, 0.29) is 5.91 Å². The number of carbonyl (C=O) groups is 2. The third-order valence-corrected chi connectivity index (χ3v) is 5.46. The Balaban J connectivity index is 1.58. The molecule has 5 nitrogen and oxygen atoms in total. The molecule has 1 aromatic carbocycles. The predicted octanol–water partition coefficient (Wildman–Crippen LogP) is 3.29. The van der Waals surface area contributed by atoms with E-state index >= 15 is 0 Å². The van der Waals surface area contributed by atoms with Crippen LogP contribution in [0.15, 0.2) is 30.3 Å². The van der Waals surface area contributed by atoms with Gasteiger partial charge in [0, 0.05) is 17.1 Å². The molecular formula is C18H21N3O2S. The van der Waals surface area contributed by atoms with E-state index in [1.165, 1.54) is 16.9 Å². The lowest BCUT2D eigenvalue weighted by Gasteiger charge is -2.16. The van der Waals surface area contributed by atoms with Gasteiger partial charge in [-0.25, -0.2) is 4.79 Å². The first kappa shape index (κ1) is 16.5. The van der Waals surface area contributed by atoms with Crippen LogP contribution in [0.4, 0.5) is 10.5 Å². The van der Waals surface area contributed by atoms with Crippen LogP contribution in [0.5, 0.6) is 0 Å². The van der Waals surface area contributed by atoms with Crippen molar-refractivity contribution in [1.29, 1.82) is 0 Å². The molecule has 0 bridgehead atoms. The number of rotatable bonds is 4. The molecule has 1 aromatic heterocycles. The molecule has 1 aliphatic rings. The number of nitrogens with one attached hydrogen (secondary N) is 2. The molecular weight excluding hydrogens is 322 g/mol. The van der Waals surface area contributed by atoms with Gasteiger partial charge < -0.3 is 16.4 Å². The summed E-state index contributed by atoms with van der Waals surface area (Å²) < 4.78 is 0. The second-order valence-corrected chi connectivity index (χ2v) is 7.41. The van der Waals surface area contributed by atoms with Crippen LogP contribution in [0.25, 0.3) is 0 Å². The first-order valence-electron chi connectivity index (χ1n) is 8.06. The second kappa shape index (κ2) is 7.05.